The highest BCUT2D eigenvalue weighted by Crippen LogP contribution is 2.19. The molecular weight excluding hydrogens is 232 g/mol. The largest absolute Gasteiger partial charge is 0.482 e. The zero-order chi connectivity index (χ0) is 12.8. The molecule has 2 rings (SSSR count). The molecule has 2 aromatic rings. The fraction of sp³-hybridized carbons (Fsp3) is 0.231. The van der Waals surface area contributed by atoms with Crippen LogP contribution in [0.4, 0.5) is 0 Å². The Hall–Kier alpha value is -2.30. The van der Waals surface area contributed by atoms with Gasteiger partial charge in [-0.3, -0.25) is 0 Å². The van der Waals surface area contributed by atoms with Gasteiger partial charge in [-0.15, -0.1) is 0 Å². The first kappa shape index (κ1) is 12.2. The maximum Gasteiger partial charge on any atom is 0.343 e. The van der Waals surface area contributed by atoms with Crippen molar-refractivity contribution in [2.45, 2.75) is 6.54 Å². The van der Waals surface area contributed by atoms with E-state index in [1.165, 1.54) is 7.11 Å². The van der Waals surface area contributed by atoms with Crippen LogP contribution in [-0.4, -0.2) is 29.2 Å². The summed E-state index contributed by atoms with van der Waals surface area (Å²) in [6.07, 6.45) is 5.33. The molecule has 0 N–H and O–H groups in total. The lowest BCUT2D eigenvalue weighted by molar-refractivity contribution is -0.142. The highest BCUT2D eigenvalue weighted by Gasteiger charge is 2.06. The summed E-state index contributed by atoms with van der Waals surface area (Å²) in [4.78, 5) is 15.0. The highest BCUT2D eigenvalue weighted by molar-refractivity contribution is 5.70. The van der Waals surface area contributed by atoms with Crippen LogP contribution in [0.1, 0.15) is 5.56 Å². The van der Waals surface area contributed by atoms with Gasteiger partial charge in [0, 0.05) is 18.0 Å². The van der Waals surface area contributed by atoms with Gasteiger partial charge in [-0.25, -0.2) is 9.78 Å². The maximum atomic E-state index is 11.1. The van der Waals surface area contributed by atoms with Crippen molar-refractivity contribution in [3.8, 4) is 5.75 Å². The van der Waals surface area contributed by atoms with Gasteiger partial charge in [-0.2, -0.15) is 0 Å². The molecule has 0 aliphatic heterocycles. The number of aromatic nitrogens is 2. The van der Waals surface area contributed by atoms with Gasteiger partial charge in [0.05, 0.1) is 20.0 Å². The third-order valence-electron chi connectivity index (χ3n) is 2.46. The van der Waals surface area contributed by atoms with E-state index in [0.717, 1.165) is 5.56 Å². The van der Waals surface area contributed by atoms with Crippen molar-refractivity contribution in [3.05, 3.63) is 48.5 Å². The van der Waals surface area contributed by atoms with Gasteiger partial charge in [0.25, 0.3) is 0 Å². The van der Waals surface area contributed by atoms with Crippen LogP contribution >= 0.6 is 0 Å². The fourth-order valence-electron chi connectivity index (χ4n) is 1.55. The minimum Gasteiger partial charge on any atom is -0.482 e. The Morgan fingerprint density at radius 3 is 2.94 bits per heavy atom. The predicted molar refractivity (Wildman–Crippen MR) is 65.3 cm³/mol. The number of methoxy groups -OCH3 is 1. The van der Waals surface area contributed by atoms with Crippen molar-refractivity contribution in [2.75, 3.05) is 13.7 Å². The summed E-state index contributed by atoms with van der Waals surface area (Å²) in [7, 11) is 1.34. The lowest BCUT2D eigenvalue weighted by Crippen LogP contribution is -2.13. The smallest absolute Gasteiger partial charge is 0.343 e. The SMILES string of the molecule is COC(=O)COc1ccccc1Cn1ccnc1. The number of hydrogen-bond donors (Lipinski definition) is 0. The second kappa shape index (κ2) is 5.86. The normalized spacial score (nSPS) is 10.1. The van der Waals surface area contributed by atoms with E-state index >= 15 is 0 Å². The molecule has 18 heavy (non-hydrogen) atoms. The molecule has 0 amide bonds. The summed E-state index contributed by atoms with van der Waals surface area (Å²) in [5, 5.41) is 0. The van der Waals surface area contributed by atoms with Crippen LogP contribution in [0.15, 0.2) is 43.0 Å². The molecule has 0 saturated heterocycles. The molecule has 5 nitrogen and oxygen atoms in total. The number of carbonyl (C=O) groups excluding carboxylic acids is 1. The lowest BCUT2D eigenvalue weighted by Gasteiger charge is -2.10. The average Bonchev–Trinajstić information content (AvgIpc) is 2.90. The minimum atomic E-state index is -0.396. The van der Waals surface area contributed by atoms with Crippen molar-refractivity contribution < 1.29 is 14.3 Å². The molecule has 0 saturated carbocycles. The third-order valence-corrected chi connectivity index (χ3v) is 2.46. The summed E-state index contributed by atoms with van der Waals surface area (Å²) in [6.45, 7) is 0.564. The van der Waals surface area contributed by atoms with Gasteiger partial charge in [0.15, 0.2) is 6.61 Å². The number of para-hydroxylation sites is 1. The van der Waals surface area contributed by atoms with Crippen molar-refractivity contribution in [3.63, 3.8) is 0 Å². The Morgan fingerprint density at radius 2 is 2.22 bits per heavy atom. The Kier molecular flexibility index (Phi) is 3.96. The van der Waals surface area contributed by atoms with Crippen molar-refractivity contribution in [2.24, 2.45) is 0 Å². The average molecular weight is 246 g/mol. The van der Waals surface area contributed by atoms with Gasteiger partial charge >= 0.3 is 5.97 Å². The van der Waals surface area contributed by atoms with Crippen LogP contribution in [0.3, 0.4) is 0 Å². The maximum absolute atomic E-state index is 11.1. The Balaban J connectivity index is 2.08. The highest BCUT2D eigenvalue weighted by atomic mass is 16.6. The van der Waals surface area contributed by atoms with Gasteiger partial charge < -0.3 is 14.0 Å². The molecule has 5 heteroatoms. The molecule has 0 unspecified atom stereocenters. The van der Waals surface area contributed by atoms with Crippen LogP contribution in [0, 0.1) is 0 Å². The van der Waals surface area contributed by atoms with E-state index in [-0.39, 0.29) is 6.61 Å². The quantitative estimate of drug-likeness (QED) is 0.750. The standard InChI is InChI=1S/C13H14N2O3/c1-17-13(16)9-18-12-5-3-2-4-11(12)8-15-7-6-14-10-15/h2-7,10H,8-9H2,1H3. The molecule has 0 aliphatic carbocycles. The topological polar surface area (TPSA) is 53.4 Å². The van der Waals surface area contributed by atoms with E-state index in [4.69, 9.17) is 4.74 Å². The van der Waals surface area contributed by atoms with E-state index < -0.39 is 5.97 Å². The molecular formula is C13H14N2O3. The minimum absolute atomic E-state index is 0.0859. The molecule has 1 heterocycles. The molecule has 1 aromatic carbocycles. The third kappa shape index (κ3) is 3.10. The van der Waals surface area contributed by atoms with E-state index in [1.807, 2.05) is 35.0 Å². The van der Waals surface area contributed by atoms with E-state index in [9.17, 15) is 4.79 Å². The van der Waals surface area contributed by atoms with Gasteiger partial charge in [0.2, 0.25) is 0 Å². The summed E-state index contributed by atoms with van der Waals surface area (Å²) in [6, 6.07) is 7.57. The van der Waals surface area contributed by atoms with Crippen LogP contribution < -0.4 is 4.74 Å². The fourth-order valence-corrected chi connectivity index (χ4v) is 1.55. The Bertz CT molecular complexity index is 509. The molecule has 1 aromatic heterocycles. The number of nitrogens with zero attached hydrogens (tertiary/aromatic N) is 2. The monoisotopic (exact) mass is 246 g/mol. The second-order valence-corrected chi connectivity index (χ2v) is 3.71. The van der Waals surface area contributed by atoms with Crippen molar-refractivity contribution in [1.29, 1.82) is 0 Å². The first-order valence-corrected chi connectivity index (χ1v) is 5.53. The molecule has 94 valence electrons. The van der Waals surface area contributed by atoms with Gasteiger partial charge in [0.1, 0.15) is 5.75 Å². The van der Waals surface area contributed by atoms with Crippen molar-refractivity contribution in [1.82, 2.24) is 9.55 Å². The molecule has 0 fully saturated rings. The van der Waals surface area contributed by atoms with E-state index in [2.05, 4.69) is 9.72 Å². The number of esters is 1. The molecule has 0 aliphatic rings. The summed E-state index contributed by atoms with van der Waals surface area (Å²) >= 11 is 0. The number of hydrogen-bond acceptors (Lipinski definition) is 4. The second-order valence-electron chi connectivity index (χ2n) is 3.71. The summed E-state index contributed by atoms with van der Waals surface area (Å²) in [5.74, 6) is 0.282. The Labute approximate surface area is 105 Å². The van der Waals surface area contributed by atoms with Crippen LogP contribution in [-0.2, 0) is 16.1 Å². The molecule has 0 atom stereocenters. The van der Waals surface area contributed by atoms with E-state index in [1.54, 1.807) is 12.5 Å². The van der Waals surface area contributed by atoms with Crippen molar-refractivity contribution >= 4 is 5.97 Å². The first-order chi connectivity index (χ1) is 8.79. The number of benzene rings is 1. The van der Waals surface area contributed by atoms with Gasteiger partial charge in [-0.05, 0) is 6.07 Å². The summed E-state index contributed by atoms with van der Waals surface area (Å²) in [5.41, 5.74) is 0.986. The molecule has 0 spiro atoms. The van der Waals surface area contributed by atoms with E-state index in [0.29, 0.717) is 12.3 Å². The number of ether oxygens (including phenoxy) is 2. The summed E-state index contributed by atoms with van der Waals surface area (Å²) < 4.78 is 11.9. The molecule has 0 radical (unpaired) electrons. The first-order valence-electron chi connectivity index (χ1n) is 5.53. The van der Waals surface area contributed by atoms with Crippen LogP contribution in [0.25, 0.3) is 0 Å². The zero-order valence-electron chi connectivity index (χ0n) is 10.1. The molecule has 0 bridgehead atoms. The van der Waals surface area contributed by atoms with Gasteiger partial charge in [-0.1, -0.05) is 18.2 Å². The number of rotatable bonds is 5. The zero-order valence-corrected chi connectivity index (χ0v) is 10.1. The number of carbonyl (C=O) groups is 1. The predicted octanol–water partition coefficient (Wildman–Crippen LogP) is 1.48. The van der Waals surface area contributed by atoms with Crippen LogP contribution in [0.2, 0.25) is 0 Å². The Morgan fingerprint density at radius 1 is 1.39 bits per heavy atom. The number of imidazole rings is 1. The lowest BCUT2D eigenvalue weighted by atomic mass is 10.2. The van der Waals surface area contributed by atoms with Crippen LogP contribution in [0.5, 0.6) is 5.75 Å².